The van der Waals surface area contributed by atoms with Gasteiger partial charge in [-0.25, -0.2) is 0 Å². The van der Waals surface area contributed by atoms with E-state index in [-0.39, 0.29) is 17.4 Å². The Labute approximate surface area is 192 Å². The van der Waals surface area contributed by atoms with Gasteiger partial charge in [0.2, 0.25) is 0 Å². The van der Waals surface area contributed by atoms with E-state index in [9.17, 15) is 9.59 Å². The fraction of sp³-hybridized carbons (Fsp3) is 0.292. The van der Waals surface area contributed by atoms with Crippen molar-refractivity contribution < 1.29 is 28.3 Å². The lowest BCUT2D eigenvalue weighted by Gasteiger charge is -2.18. The summed E-state index contributed by atoms with van der Waals surface area (Å²) in [6.45, 7) is 4.00. The Kier molecular flexibility index (Phi) is 7.22. The molecule has 174 valence electrons. The van der Waals surface area contributed by atoms with E-state index in [2.05, 4.69) is 10.5 Å². The second-order valence-electron chi connectivity index (χ2n) is 7.52. The summed E-state index contributed by atoms with van der Waals surface area (Å²) in [4.78, 5) is 27.0. The van der Waals surface area contributed by atoms with Gasteiger partial charge in [0.05, 0.1) is 36.7 Å². The van der Waals surface area contributed by atoms with Gasteiger partial charge < -0.3 is 29.0 Å². The first-order valence-corrected chi connectivity index (χ1v) is 10.2. The fourth-order valence-corrected chi connectivity index (χ4v) is 3.16. The van der Waals surface area contributed by atoms with Crippen molar-refractivity contribution in [3.8, 4) is 17.2 Å². The number of anilines is 1. The number of ether oxygens (including phenoxy) is 3. The third kappa shape index (κ3) is 5.25. The molecule has 33 heavy (non-hydrogen) atoms. The number of carbonyl (C=O) groups excluding carboxylic acids is 2. The van der Waals surface area contributed by atoms with Crippen LogP contribution in [0, 0.1) is 13.8 Å². The van der Waals surface area contributed by atoms with Gasteiger partial charge in [0, 0.05) is 25.7 Å². The Morgan fingerprint density at radius 3 is 2.21 bits per heavy atom. The van der Waals surface area contributed by atoms with Crippen molar-refractivity contribution in [3.05, 3.63) is 64.5 Å². The molecule has 0 spiro atoms. The van der Waals surface area contributed by atoms with Crippen LogP contribution in [-0.4, -0.2) is 50.2 Å². The van der Waals surface area contributed by atoms with E-state index in [0.29, 0.717) is 40.9 Å². The molecule has 0 saturated carbocycles. The highest BCUT2D eigenvalue weighted by Gasteiger charge is 2.20. The number of aromatic nitrogens is 1. The van der Waals surface area contributed by atoms with Gasteiger partial charge in [0.25, 0.3) is 11.8 Å². The summed E-state index contributed by atoms with van der Waals surface area (Å²) in [5, 5.41) is 6.70. The van der Waals surface area contributed by atoms with E-state index in [4.69, 9.17) is 18.7 Å². The highest BCUT2D eigenvalue weighted by molar-refractivity contribution is 6.09. The standard InChI is InChI=1S/C24H27N3O6/c1-14-19(15(2)33-26-14)13-32-17-9-7-16(8-10-17)23(28)25-20-12-22(31-6)21(30-5)11-18(20)24(29)27(3)4/h7-12H,13H2,1-6H3,(H,25,28). The normalized spacial score (nSPS) is 10.5. The Morgan fingerprint density at radius 2 is 1.67 bits per heavy atom. The van der Waals surface area contributed by atoms with E-state index in [0.717, 1.165) is 11.3 Å². The molecule has 3 aromatic rings. The molecule has 0 aliphatic heterocycles. The molecule has 0 bridgehead atoms. The molecule has 1 N–H and O–H groups in total. The molecule has 0 aliphatic carbocycles. The first-order valence-electron chi connectivity index (χ1n) is 10.2. The molecule has 2 aromatic carbocycles. The van der Waals surface area contributed by atoms with Gasteiger partial charge in [-0.3, -0.25) is 9.59 Å². The molecular weight excluding hydrogens is 426 g/mol. The zero-order valence-electron chi connectivity index (χ0n) is 19.5. The number of amides is 2. The molecule has 0 aliphatic rings. The van der Waals surface area contributed by atoms with Crippen molar-refractivity contribution in [3.63, 3.8) is 0 Å². The number of hydrogen-bond donors (Lipinski definition) is 1. The predicted molar refractivity (Wildman–Crippen MR) is 122 cm³/mol. The summed E-state index contributed by atoms with van der Waals surface area (Å²) in [6.07, 6.45) is 0. The largest absolute Gasteiger partial charge is 0.493 e. The van der Waals surface area contributed by atoms with Crippen molar-refractivity contribution in [2.75, 3.05) is 33.6 Å². The van der Waals surface area contributed by atoms with Crippen molar-refractivity contribution in [1.82, 2.24) is 10.1 Å². The third-order valence-corrected chi connectivity index (χ3v) is 5.09. The van der Waals surface area contributed by atoms with Gasteiger partial charge in [-0.15, -0.1) is 0 Å². The number of methoxy groups -OCH3 is 2. The average molecular weight is 453 g/mol. The second kappa shape index (κ2) is 10.1. The maximum atomic E-state index is 12.9. The third-order valence-electron chi connectivity index (χ3n) is 5.09. The van der Waals surface area contributed by atoms with E-state index in [1.54, 1.807) is 50.5 Å². The zero-order valence-corrected chi connectivity index (χ0v) is 19.5. The molecule has 0 fully saturated rings. The topological polar surface area (TPSA) is 103 Å². The van der Waals surface area contributed by atoms with Gasteiger partial charge in [-0.05, 0) is 44.2 Å². The number of aryl methyl sites for hydroxylation is 2. The van der Waals surface area contributed by atoms with E-state index in [1.807, 2.05) is 13.8 Å². The molecule has 0 saturated heterocycles. The monoisotopic (exact) mass is 453 g/mol. The quantitative estimate of drug-likeness (QED) is 0.553. The molecule has 1 heterocycles. The molecule has 0 atom stereocenters. The number of hydrogen-bond acceptors (Lipinski definition) is 7. The van der Waals surface area contributed by atoms with E-state index < -0.39 is 0 Å². The predicted octanol–water partition coefficient (Wildman–Crippen LogP) is 3.84. The van der Waals surface area contributed by atoms with Gasteiger partial charge >= 0.3 is 0 Å². The Morgan fingerprint density at radius 1 is 1.03 bits per heavy atom. The van der Waals surface area contributed by atoms with Crippen LogP contribution in [0.4, 0.5) is 5.69 Å². The Hall–Kier alpha value is -4.01. The lowest BCUT2D eigenvalue weighted by atomic mass is 10.1. The van der Waals surface area contributed by atoms with Crippen LogP contribution in [0.3, 0.4) is 0 Å². The molecule has 0 radical (unpaired) electrons. The number of nitrogens with zero attached hydrogens (tertiary/aromatic N) is 2. The van der Waals surface area contributed by atoms with Crippen LogP contribution < -0.4 is 19.5 Å². The highest BCUT2D eigenvalue weighted by Crippen LogP contribution is 2.34. The highest BCUT2D eigenvalue weighted by atomic mass is 16.5. The number of benzene rings is 2. The molecule has 0 unspecified atom stereocenters. The van der Waals surface area contributed by atoms with Crippen LogP contribution in [0.1, 0.15) is 37.7 Å². The first kappa shape index (κ1) is 23.6. The van der Waals surface area contributed by atoms with Gasteiger partial charge in [-0.2, -0.15) is 0 Å². The van der Waals surface area contributed by atoms with E-state index in [1.165, 1.54) is 19.1 Å². The zero-order chi connectivity index (χ0) is 24.1. The van der Waals surface area contributed by atoms with Crippen molar-refractivity contribution in [2.45, 2.75) is 20.5 Å². The minimum Gasteiger partial charge on any atom is -0.493 e. The van der Waals surface area contributed by atoms with Gasteiger partial charge in [-0.1, -0.05) is 5.16 Å². The molecule has 9 heteroatoms. The van der Waals surface area contributed by atoms with Gasteiger partial charge in [0.1, 0.15) is 18.1 Å². The summed E-state index contributed by atoms with van der Waals surface area (Å²) >= 11 is 0. The Balaban J connectivity index is 1.78. The maximum absolute atomic E-state index is 12.9. The Bertz CT molecular complexity index is 1130. The minimum atomic E-state index is -0.382. The van der Waals surface area contributed by atoms with Crippen molar-refractivity contribution in [2.24, 2.45) is 0 Å². The van der Waals surface area contributed by atoms with Crippen molar-refractivity contribution in [1.29, 1.82) is 0 Å². The maximum Gasteiger partial charge on any atom is 0.255 e. The molecule has 9 nitrogen and oxygen atoms in total. The number of carbonyl (C=O) groups is 2. The van der Waals surface area contributed by atoms with Crippen LogP contribution in [0.2, 0.25) is 0 Å². The average Bonchev–Trinajstić information content (AvgIpc) is 3.14. The lowest BCUT2D eigenvalue weighted by Crippen LogP contribution is -2.24. The molecule has 2 amide bonds. The van der Waals surface area contributed by atoms with Gasteiger partial charge in [0.15, 0.2) is 11.5 Å². The first-order chi connectivity index (χ1) is 15.7. The number of rotatable bonds is 8. The second-order valence-corrected chi connectivity index (χ2v) is 7.52. The summed E-state index contributed by atoms with van der Waals surface area (Å²) in [5.74, 6) is 1.43. The summed E-state index contributed by atoms with van der Waals surface area (Å²) in [7, 11) is 6.23. The van der Waals surface area contributed by atoms with Crippen LogP contribution in [-0.2, 0) is 6.61 Å². The SMILES string of the molecule is COc1cc(NC(=O)c2ccc(OCc3c(C)noc3C)cc2)c(C(=O)N(C)C)cc1OC. The van der Waals surface area contributed by atoms with Crippen LogP contribution >= 0.6 is 0 Å². The lowest BCUT2D eigenvalue weighted by molar-refractivity contribution is 0.0828. The van der Waals surface area contributed by atoms with Crippen molar-refractivity contribution >= 4 is 17.5 Å². The number of nitrogens with one attached hydrogen (secondary N) is 1. The molecule has 3 rings (SSSR count). The fourth-order valence-electron chi connectivity index (χ4n) is 3.16. The van der Waals surface area contributed by atoms with Crippen LogP contribution in [0.25, 0.3) is 0 Å². The minimum absolute atomic E-state index is 0.283. The molecule has 1 aromatic heterocycles. The van der Waals surface area contributed by atoms with Crippen LogP contribution in [0.5, 0.6) is 17.2 Å². The summed E-state index contributed by atoms with van der Waals surface area (Å²) in [6, 6.07) is 9.80. The summed E-state index contributed by atoms with van der Waals surface area (Å²) in [5.41, 5.74) is 2.67. The summed E-state index contributed by atoms with van der Waals surface area (Å²) < 4.78 is 21.5. The van der Waals surface area contributed by atoms with Crippen LogP contribution in [0.15, 0.2) is 40.9 Å². The van der Waals surface area contributed by atoms with E-state index >= 15 is 0 Å². The smallest absolute Gasteiger partial charge is 0.255 e. The molecular formula is C24H27N3O6.